The van der Waals surface area contributed by atoms with Gasteiger partial charge in [0, 0.05) is 0 Å². The third kappa shape index (κ3) is 5.98. The van der Waals surface area contributed by atoms with Crippen LogP contribution in [0.25, 0.3) is 0 Å². The van der Waals surface area contributed by atoms with Crippen LogP contribution in [0.1, 0.15) is 35.6 Å². The standard InChI is InChI=1S/C23H32N2O4S/c1-7-21(25(30(6,27)28)20-14-16(2)13-17(3)15-20)23(26)24-11-12-29-22-10-8-9-18(4)19(22)5/h8-10,13-15,21H,7,11-12H2,1-6H3,(H,24,26)/t21-/m0/s1. The Labute approximate surface area is 180 Å². The Balaban J connectivity index is 2.11. The average Bonchev–Trinajstić information content (AvgIpc) is 2.64. The number of anilines is 1. The molecule has 2 rings (SSSR count). The zero-order valence-electron chi connectivity index (χ0n) is 18.7. The van der Waals surface area contributed by atoms with Gasteiger partial charge in [-0.1, -0.05) is 25.1 Å². The number of hydrogen-bond acceptors (Lipinski definition) is 4. The fourth-order valence-corrected chi connectivity index (χ4v) is 4.67. The van der Waals surface area contributed by atoms with Crippen LogP contribution >= 0.6 is 0 Å². The Morgan fingerprint density at radius 3 is 2.30 bits per heavy atom. The summed E-state index contributed by atoms with van der Waals surface area (Å²) in [7, 11) is -3.65. The van der Waals surface area contributed by atoms with Crippen LogP contribution in [0, 0.1) is 27.7 Å². The first-order chi connectivity index (χ1) is 14.0. The smallest absolute Gasteiger partial charge is 0.244 e. The van der Waals surface area contributed by atoms with Gasteiger partial charge < -0.3 is 10.1 Å². The molecule has 0 aliphatic rings. The van der Waals surface area contributed by atoms with E-state index in [4.69, 9.17) is 4.74 Å². The summed E-state index contributed by atoms with van der Waals surface area (Å²) in [6.45, 7) is 10.2. The highest BCUT2D eigenvalue weighted by Gasteiger charge is 2.31. The van der Waals surface area contributed by atoms with Crippen molar-refractivity contribution in [1.29, 1.82) is 0 Å². The molecule has 0 bridgehead atoms. The highest BCUT2D eigenvalue weighted by atomic mass is 32.2. The normalized spacial score (nSPS) is 12.3. The summed E-state index contributed by atoms with van der Waals surface area (Å²) in [6, 6.07) is 10.5. The van der Waals surface area contributed by atoms with E-state index in [2.05, 4.69) is 5.32 Å². The molecule has 164 valence electrons. The van der Waals surface area contributed by atoms with Crippen molar-refractivity contribution < 1.29 is 17.9 Å². The van der Waals surface area contributed by atoms with E-state index in [0.29, 0.717) is 18.7 Å². The van der Waals surface area contributed by atoms with Crippen LogP contribution < -0.4 is 14.4 Å². The molecule has 6 nitrogen and oxygen atoms in total. The Bertz CT molecular complexity index is 982. The third-order valence-corrected chi connectivity index (χ3v) is 6.18. The monoisotopic (exact) mass is 432 g/mol. The largest absolute Gasteiger partial charge is 0.491 e. The zero-order chi connectivity index (χ0) is 22.5. The van der Waals surface area contributed by atoms with Crippen LogP contribution in [0.15, 0.2) is 36.4 Å². The number of aryl methyl sites for hydroxylation is 3. The maximum absolute atomic E-state index is 12.9. The molecule has 2 aromatic carbocycles. The van der Waals surface area contributed by atoms with Crippen LogP contribution in [-0.4, -0.2) is 39.8 Å². The second kappa shape index (κ2) is 9.98. The van der Waals surface area contributed by atoms with Gasteiger partial charge in [0.25, 0.3) is 0 Å². The third-order valence-electron chi connectivity index (χ3n) is 5.00. The van der Waals surface area contributed by atoms with E-state index in [9.17, 15) is 13.2 Å². The number of amides is 1. The minimum absolute atomic E-state index is 0.285. The van der Waals surface area contributed by atoms with Gasteiger partial charge in [0.15, 0.2) is 0 Å². The summed E-state index contributed by atoms with van der Waals surface area (Å²) < 4.78 is 32.1. The second-order valence-corrected chi connectivity index (χ2v) is 9.53. The number of ether oxygens (including phenoxy) is 1. The van der Waals surface area contributed by atoms with Crippen molar-refractivity contribution in [3.8, 4) is 5.75 Å². The minimum Gasteiger partial charge on any atom is -0.491 e. The van der Waals surface area contributed by atoms with Crippen LogP contribution in [0.2, 0.25) is 0 Å². The van der Waals surface area contributed by atoms with E-state index in [1.165, 1.54) is 4.31 Å². The highest BCUT2D eigenvalue weighted by molar-refractivity contribution is 7.92. The van der Waals surface area contributed by atoms with Gasteiger partial charge in [0.2, 0.25) is 15.9 Å². The van der Waals surface area contributed by atoms with E-state index in [0.717, 1.165) is 34.3 Å². The Hall–Kier alpha value is -2.54. The molecule has 30 heavy (non-hydrogen) atoms. The van der Waals surface area contributed by atoms with Gasteiger partial charge in [0.1, 0.15) is 18.4 Å². The first kappa shape index (κ1) is 23.7. The lowest BCUT2D eigenvalue weighted by Crippen LogP contribution is -2.50. The average molecular weight is 433 g/mol. The molecular formula is C23H32N2O4S. The first-order valence-corrected chi connectivity index (χ1v) is 11.9. The van der Waals surface area contributed by atoms with Crippen LogP contribution in [0.3, 0.4) is 0 Å². The first-order valence-electron chi connectivity index (χ1n) is 10.1. The fourth-order valence-electron chi connectivity index (χ4n) is 3.47. The number of carbonyl (C=O) groups excluding carboxylic acids is 1. The van der Waals surface area contributed by atoms with Crippen LogP contribution in [0.4, 0.5) is 5.69 Å². The molecule has 7 heteroatoms. The van der Waals surface area contributed by atoms with E-state index < -0.39 is 16.1 Å². The maximum Gasteiger partial charge on any atom is 0.244 e. The number of nitrogens with one attached hydrogen (secondary N) is 1. The predicted octanol–water partition coefficient (Wildman–Crippen LogP) is 3.66. The number of nitrogens with zero attached hydrogens (tertiary/aromatic N) is 1. The van der Waals surface area contributed by atoms with E-state index in [1.807, 2.05) is 52.0 Å². The number of sulfonamides is 1. The van der Waals surface area contributed by atoms with Crippen LogP contribution in [0.5, 0.6) is 5.75 Å². The van der Waals surface area contributed by atoms with Gasteiger partial charge in [-0.25, -0.2) is 8.42 Å². The van der Waals surface area contributed by atoms with E-state index in [-0.39, 0.29) is 12.5 Å². The van der Waals surface area contributed by atoms with Crippen molar-refractivity contribution in [3.63, 3.8) is 0 Å². The van der Waals surface area contributed by atoms with Crippen molar-refractivity contribution in [2.75, 3.05) is 23.7 Å². The molecule has 0 aliphatic heterocycles. The predicted molar refractivity (Wildman–Crippen MR) is 122 cm³/mol. The molecule has 0 saturated carbocycles. The van der Waals surface area contributed by atoms with Crippen molar-refractivity contribution in [2.45, 2.75) is 47.1 Å². The van der Waals surface area contributed by atoms with Gasteiger partial charge in [-0.2, -0.15) is 0 Å². The minimum atomic E-state index is -3.65. The highest BCUT2D eigenvalue weighted by Crippen LogP contribution is 2.25. The number of rotatable bonds is 9. The molecule has 0 aliphatic carbocycles. The van der Waals surface area contributed by atoms with Gasteiger partial charge >= 0.3 is 0 Å². The molecule has 0 fully saturated rings. The summed E-state index contributed by atoms with van der Waals surface area (Å²) in [6.07, 6.45) is 1.48. The topological polar surface area (TPSA) is 75.7 Å². The summed E-state index contributed by atoms with van der Waals surface area (Å²) in [5.41, 5.74) is 4.59. The Morgan fingerprint density at radius 1 is 1.10 bits per heavy atom. The van der Waals surface area contributed by atoms with Crippen molar-refractivity contribution >= 4 is 21.6 Å². The summed E-state index contributed by atoms with van der Waals surface area (Å²) >= 11 is 0. The van der Waals surface area contributed by atoms with Gasteiger partial charge in [0.05, 0.1) is 18.5 Å². The molecule has 0 spiro atoms. The molecule has 0 aromatic heterocycles. The van der Waals surface area contributed by atoms with E-state index >= 15 is 0 Å². The second-order valence-electron chi connectivity index (χ2n) is 7.67. The molecule has 0 radical (unpaired) electrons. The van der Waals surface area contributed by atoms with Crippen molar-refractivity contribution in [1.82, 2.24) is 5.32 Å². The van der Waals surface area contributed by atoms with Gasteiger partial charge in [-0.15, -0.1) is 0 Å². The van der Waals surface area contributed by atoms with Gasteiger partial charge in [-0.05, 0) is 74.6 Å². The fraction of sp³-hybridized carbons (Fsp3) is 0.435. The molecule has 1 atom stereocenters. The molecule has 0 heterocycles. The molecule has 1 N–H and O–H groups in total. The maximum atomic E-state index is 12.9. The Morgan fingerprint density at radius 2 is 1.73 bits per heavy atom. The van der Waals surface area contributed by atoms with Crippen LogP contribution in [-0.2, 0) is 14.8 Å². The number of carbonyl (C=O) groups is 1. The zero-order valence-corrected chi connectivity index (χ0v) is 19.5. The lowest BCUT2D eigenvalue weighted by Gasteiger charge is -2.30. The van der Waals surface area contributed by atoms with Crippen molar-refractivity contribution in [2.24, 2.45) is 0 Å². The lowest BCUT2D eigenvalue weighted by molar-refractivity contribution is -0.122. The summed E-state index contributed by atoms with van der Waals surface area (Å²) in [4.78, 5) is 12.9. The quantitative estimate of drug-likeness (QED) is 0.614. The molecular weight excluding hydrogens is 400 g/mol. The summed E-state index contributed by atoms with van der Waals surface area (Å²) in [5, 5.41) is 2.82. The van der Waals surface area contributed by atoms with E-state index in [1.54, 1.807) is 19.1 Å². The molecule has 0 unspecified atom stereocenters. The lowest BCUT2D eigenvalue weighted by atomic mass is 10.1. The SMILES string of the molecule is CC[C@@H](C(=O)NCCOc1cccc(C)c1C)N(c1cc(C)cc(C)c1)S(C)(=O)=O. The Kier molecular flexibility index (Phi) is 7.89. The van der Waals surface area contributed by atoms with Crippen molar-refractivity contribution in [3.05, 3.63) is 58.7 Å². The number of benzene rings is 2. The molecule has 0 saturated heterocycles. The molecule has 2 aromatic rings. The van der Waals surface area contributed by atoms with Gasteiger partial charge in [-0.3, -0.25) is 9.10 Å². The molecule has 1 amide bonds. The summed E-state index contributed by atoms with van der Waals surface area (Å²) in [5.74, 6) is 0.441. The number of hydrogen-bond donors (Lipinski definition) is 1.